The molecule has 19 atom stereocenters. The highest BCUT2D eigenvalue weighted by molar-refractivity contribution is 7.48. The van der Waals surface area contributed by atoms with Gasteiger partial charge in [0.05, 0.1) is 97.9 Å². The number of unbranched alkanes of at least 4 members (excludes halogenated alkanes) is 6. The van der Waals surface area contributed by atoms with Gasteiger partial charge in [0.25, 0.3) is 0 Å². The maximum Gasteiger partial charge on any atom is 0.472 e. The summed E-state index contributed by atoms with van der Waals surface area (Å²) < 4.78 is 148. The number of carbonyl (C=O) groups is 3. The largest absolute Gasteiger partial charge is 0.472 e. The first-order valence-corrected chi connectivity index (χ1v) is 39.6. The number of nitrogens with one attached hydrogen (secondary N) is 3. The monoisotopic (exact) mass is 1570 g/mol. The van der Waals surface area contributed by atoms with E-state index in [9.17, 15) is 98.2 Å². The van der Waals surface area contributed by atoms with Crippen molar-refractivity contribution >= 4 is 49.0 Å². The zero-order valence-electron chi connectivity index (χ0n) is 58.0. The minimum Gasteiger partial charge on any atom is -0.394 e. The highest BCUT2D eigenvalue weighted by Crippen LogP contribution is 2.46. The first-order valence-electron chi connectivity index (χ1n) is 33.6. The van der Waals surface area contributed by atoms with Crippen LogP contribution in [0.2, 0.25) is 0 Å². The van der Waals surface area contributed by atoms with E-state index >= 15 is 0 Å². The zero-order chi connectivity index (χ0) is 75.8. The summed E-state index contributed by atoms with van der Waals surface area (Å²) >= 11 is 0. The number of carbonyl (C=O) groups excluding carboxylic acids is 3. The Morgan fingerprint density at radius 3 is 0.824 bits per heavy atom. The number of hydrogen-bond acceptors (Lipinski definition) is 34. The Kier molecular flexibility index (Phi) is 46.9. The molecule has 19 unspecified atom stereocenters. The number of amides is 3. The summed E-state index contributed by atoms with van der Waals surface area (Å²) in [6.45, 7) is -0.608. The van der Waals surface area contributed by atoms with E-state index in [0.717, 1.165) is 7.11 Å². The van der Waals surface area contributed by atoms with E-state index in [0.29, 0.717) is 25.7 Å². The van der Waals surface area contributed by atoms with E-state index in [1.54, 1.807) is 0 Å². The Hall–Kier alpha value is -1.91. The normalized spacial score (nSPS) is 28.5. The number of hydrogen-bond donors (Lipinski definition) is 16. The first-order chi connectivity index (χ1) is 48.3. The molecule has 3 aliphatic rings. The fourth-order valence-corrected chi connectivity index (χ4v) is 12.9. The van der Waals surface area contributed by atoms with Crippen LogP contribution in [0.5, 0.6) is 0 Å². The molecule has 602 valence electrons. The van der Waals surface area contributed by atoms with Gasteiger partial charge in [-0.1, -0.05) is 12.8 Å². The van der Waals surface area contributed by atoms with E-state index in [4.69, 9.17) is 79.0 Å². The van der Waals surface area contributed by atoms with Crippen LogP contribution in [0.15, 0.2) is 0 Å². The lowest BCUT2D eigenvalue weighted by atomic mass is 9.92. The predicted octanol–water partition coefficient (Wildman–Crippen LogP) is -1.84. The standard InChI is InChI=1S/C57H111N3O38P4/c1-39(64)58-45-51(70)48(67)42(32-61)96-54(45)86-22-9-12-26-90-100(75,76)93-29-15-19-83-36-57(35-82-18-7-5-6-8-25-89-99(73,74)81-4,37-84-20-16-30-94-101(77,78)91-27-13-10-23-87-55-46(59-40(2)65)52(71)49(68)43(33-62)97-55)38-85-21-17-31-95-102(79,80)92-28-14-11-24-88-56-47(60-41(3)66)53(72)50(69)44(34-63)98-56/h42-56,61-63,67-72H,5-38H2,1-4H3,(H,58,64)(H,59,65)(H,60,66)(H,73,74)(H,75,76)(H,77,78)(H,79,80). The molecule has 102 heavy (non-hydrogen) atoms. The van der Waals surface area contributed by atoms with Crippen molar-refractivity contribution in [3.8, 4) is 0 Å². The molecule has 0 bridgehead atoms. The van der Waals surface area contributed by atoms with Gasteiger partial charge in [0.1, 0.15) is 73.1 Å². The molecule has 0 saturated carbocycles. The molecule has 3 amide bonds. The van der Waals surface area contributed by atoms with Gasteiger partial charge in [-0.25, -0.2) is 18.3 Å². The van der Waals surface area contributed by atoms with Crippen LogP contribution in [0.25, 0.3) is 0 Å². The predicted molar refractivity (Wildman–Crippen MR) is 348 cm³/mol. The second-order valence-electron chi connectivity index (χ2n) is 24.1. The van der Waals surface area contributed by atoms with Crippen LogP contribution in [0.1, 0.15) is 104 Å². The summed E-state index contributed by atoms with van der Waals surface area (Å²) in [6, 6.07) is -3.48. The molecule has 3 fully saturated rings. The second-order valence-corrected chi connectivity index (χ2v) is 30.0. The van der Waals surface area contributed by atoms with E-state index in [1.807, 2.05) is 0 Å². The lowest BCUT2D eigenvalue weighted by Crippen LogP contribution is -2.64. The van der Waals surface area contributed by atoms with Crippen LogP contribution in [-0.2, 0) is 116 Å². The Morgan fingerprint density at radius 1 is 0.343 bits per heavy atom. The average Bonchev–Trinajstić information content (AvgIpc) is 0.820. The third-order valence-electron chi connectivity index (χ3n) is 15.3. The van der Waals surface area contributed by atoms with Gasteiger partial charge in [-0.05, 0) is 70.6 Å². The summed E-state index contributed by atoms with van der Waals surface area (Å²) in [5, 5.41) is 98.3. The first kappa shape index (κ1) is 94.3. The maximum absolute atomic E-state index is 12.8. The molecule has 0 aromatic carbocycles. The van der Waals surface area contributed by atoms with Gasteiger partial charge in [-0.2, -0.15) is 0 Å². The fourth-order valence-electron chi connectivity index (χ4n) is 10.0. The van der Waals surface area contributed by atoms with Gasteiger partial charge in [0.2, 0.25) is 17.7 Å². The van der Waals surface area contributed by atoms with Crippen molar-refractivity contribution in [1.82, 2.24) is 16.0 Å². The lowest BCUT2D eigenvalue weighted by Gasteiger charge is -2.42. The van der Waals surface area contributed by atoms with Crippen molar-refractivity contribution in [2.75, 3.05) is 146 Å². The van der Waals surface area contributed by atoms with Crippen molar-refractivity contribution in [3.63, 3.8) is 0 Å². The molecule has 3 rings (SSSR count). The lowest BCUT2D eigenvalue weighted by molar-refractivity contribution is -0.270. The third kappa shape index (κ3) is 38.0. The van der Waals surface area contributed by atoms with Crippen molar-refractivity contribution in [1.29, 1.82) is 0 Å². The minimum absolute atomic E-state index is 0.0292. The average molecular weight is 1570 g/mol. The van der Waals surface area contributed by atoms with Crippen LogP contribution in [0, 0.1) is 5.41 Å². The van der Waals surface area contributed by atoms with Gasteiger partial charge >= 0.3 is 31.3 Å². The van der Waals surface area contributed by atoms with E-state index in [1.165, 1.54) is 20.8 Å². The molecule has 0 radical (unpaired) electrons. The molecular weight excluding hydrogens is 1460 g/mol. The Labute approximate surface area is 592 Å². The van der Waals surface area contributed by atoms with Crippen molar-refractivity contribution in [2.24, 2.45) is 5.41 Å². The van der Waals surface area contributed by atoms with Crippen LogP contribution >= 0.6 is 31.3 Å². The second kappa shape index (κ2) is 50.7. The Bertz CT molecular complexity index is 2280. The number of phosphoric acid groups is 4. The van der Waals surface area contributed by atoms with Crippen LogP contribution in [-0.4, -0.2) is 321 Å². The van der Waals surface area contributed by atoms with E-state index in [-0.39, 0.29) is 177 Å². The van der Waals surface area contributed by atoms with Crippen molar-refractivity contribution in [3.05, 3.63) is 0 Å². The van der Waals surface area contributed by atoms with Gasteiger partial charge in [0.15, 0.2) is 18.9 Å². The molecule has 0 aromatic heterocycles. The van der Waals surface area contributed by atoms with Crippen molar-refractivity contribution < 1.29 is 182 Å². The van der Waals surface area contributed by atoms with Crippen LogP contribution in [0.4, 0.5) is 0 Å². The third-order valence-corrected chi connectivity index (χ3v) is 19.4. The molecule has 45 heteroatoms. The minimum atomic E-state index is -4.59. The summed E-state index contributed by atoms with van der Waals surface area (Å²) in [5.74, 6) is -1.61. The van der Waals surface area contributed by atoms with Crippen LogP contribution < -0.4 is 16.0 Å². The van der Waals surface area contributed by atoms with Gasteiger partial charge in [-0.15, -0.1) is 0 Å². The summed E-state index contributed by atoms with van der Waals surface area (Å²) in [4.78, 5) is 76.0. The Morgan fingerprint density at radius 2 is 0.569 bits per heavy atom. The maximum atomic E-state index is 12.8. The molecule has 41 nitrogen and oxygen atoms in total. The fraction of sp³-hybridized carbons (Fsp3) is 0.947. The topological polar surface area (TPSA) is 585 Å². The molecule has 3 aliphatic heterocycles. The number of aliphatic hydroxyl groups is 9. The SMILES string of the molecule is COP(=O)(O)OCCCCCCOCC(COCCCOP(=O)(O)OCCCCOC1OC(CO)C(O)C(O)C1NC(C)=O)(COCCCOP(=O)(O)OCCCCOC1OC(CO)C(O)C(O)C1NC(C)=O)COCCCOP(=O)(O)OCCCCOC1OC(CO)C(O)C(O)C1NC(C)=O. The smallest absolute Gasteiger partial charge is 0.394 e. The van der Waals surface area contributed by atoms with Gasteiger partial charge < -0.3 is 129 Å². The van der Waals surface area contributed by atoms with Gasteiger partial charge in [-0.3, -0.25) is 50.6 Å². The highest BCUT2D eigenvalue weighted by Gasteiger charge is 2.48. The summed E-state index contributed by atoms with van der Waals surface area (Å²) in [5.41, 5.74) is -1.13. The molecule has 3 saturated heterocycles. The van der Waals surface area contributed by atoms with E-state index in [2.05, 4.69) is 20.5 Å². The molecule has 0 spiro atoms. The summed E-state index contributed by atoms with van der Waals surface area (Å²) in [6.07, 6.45) is -12.7. The number of aliphatic hydroxyl groups excluding tert-OH is 9. The molecule has 16 N–H and O–H groups in total. The molecular formula is C57H111N3O38P4. The number of ether oxygens (including phenoxy) is 10. The number of phosphoric ester groups is 4. The quantitative estimate of drug-likeness (QED) is 0.0235. The molecule has 0 aromatic rings. The Balaban J connectivity index is 1.60. The summed E-state index contributed by atoms with van der Waals surface area (Å²) in [7, 11) is -16.9. The molecule has 3 heterocycles. The van der Waals surface area contributed by atoms with Gasteiger partial charge in [0, 0.05) is 74.1 Å². The van der Waals surface area contributed by atoms with Crippen molar-refractivity contribution in [2.45, 2.75) is 196 Å². The van der Waals surface area contributed by atoms with E-state index < -0.39 is 166 Å². The zero-order valence-corrected chi connectivity index (χ0v) is 61.6. The van der Waals surface area contributed by atoms with Crippen LogP contribution in [0.3, 0.4) is 0 Å². The number of rotatable bonds is 59. The highest BCUT2D eigenvalue weighted by atomic mass is 31.2. The molecule has 0 aliphatic carbocycles.